The highest BCUT2D eigenvalue weighted by Crippen LogP contribution is 2.39. The summed E-state index contributed by atoms with van der Waals surface area (Å²) < 4.78 is 6.84. The molecule has 0 atom stereocenters. The highest BCUT2D eigenvalue weighted by atomic mass is 32.1. The van der Waals surface area contributed by atoms with Crippen molar-refractivity contribution < 1.29 is 9.32 Å². The first-order chi connectivity index (χ1) is 12.2. The zero-order chi connectivity index (χ0) is 17.2. The van der Waals surface area contributed by atoms with Gasteiger partial charge in [-0.05, 0) is 24.3 Å². The van der Waals surface area contributed by atoms with Crippen molar-refractivity contribution in [2.45, 2.75) is 31.7 Å². The highest BCUT2D eigenvalue weighted by Gasteiger charge is 2.27. The van der Waals surface area contributed by atoms with E-state index in [1.807, 2.05) is 30.6 Å². The van der Waals surface area contributed by atoms with Crippen LogP contribution in [-0.4, -0.2) is 26.0 Å². The third-order valence-corrected chi connectivity index (χ3v) is 4.84. The number of carbonyl (C=O) groups excluding carboxylic acids is 1. The largest absolute Gasteiger partial charge is 0.337 e. The maximum Gasteiger partial charge on any atom is 0.320 e. The first-order valence-corrected chi connectivity index (χ1v) is 8.98. The Morgan fingerprint density at radius 3 is 3.12 bits per heavy atom. The fourth-order valence-electron chi connectivity index (χ4n) is 2.50. The number of aryl methyl sites for hydroxylation is 1. The second-order valence-corrected chi connectivity index (χ2v) is 7.05. The second-order valence-electron chi connectivity index (χ2n) is 6.02. The topological polar surface area (TPSA) is 97.9 Å². The van der Waals surface area contributed by atoms with Crippen molar-refractivity contribution in [2.24, 2.45) is 7.05 Å². The molecule has 9 heteroatoms. The molecule has 130 valence electrons. The summed E-state index contributed by atoms with van der Waals surface area (Å²) in [5, 5.41) is 15.9. The lowest BCUT2D eigenvalue weighted by atomic mass is 10.3. The first kappa shape index (κ1) is 15.8. The van der Waals surface area contributed by atoms with Gasteiger partial charge in [0, 0.05) is 30.3 Å². The minimum absolute atomic E-state index is 0.177. The van der Waals surface area contributed by atoms with Gasteiger partial charge in [-0.25, -0.2) is 4.79 Å². The fraction of sp³-hybridized carbons (Fsp3) is 0.375. The zero-order valence-electron chi connectivity index (χ0n) is 13.7. The molecule has 1 aliphatic rings. The Morgan fingerprint density at radius 2 is 2.36 bits per heavy atom. The van der Waals surface area contributed by atoms with E-state index in [0.717, 1.165) is 5.69 Å². The van der Waals surface area contributed by atoms with Crippen LogP contribution < -0.4 is 10.6 Å². The van der Waals surface area contributed by atoms with Gasteiger partial charge in [-0.3, -0.25) is 10.00 Å². The summed E-state index contributed by atoms with van der Waals surface area (Å²) in [6, 6.07) is 5.60. The van der Waals surface area contributed by atoms with E-state index in [1.54, 1.807) is 16.0 Å². The normalized spacial score (nSPS) is 13.8. The van der Waals surface area contributed by atoms with Crippen LogP contribution >= 0.6 is 11.3 Å². The number of thiophene rings is 1. The van der Waals surface area contributed by atoms with Crippen LogP contribution in [0.2, 0.25) is 0 Å². The molecule has 1 aliphatic carbocycles. The Kier molecular flexibility index (Phi) is 4.22. The van der Waals surface area contributed by atoms with E-state index in [-0.39, 0.29) is 12.6 Å². The van der Waals surface area contributed by atoms with Gasteiger partial charge in [0.1, 0.15) is 5.82 Å². The minimum atomic E-state index is -0.330. The van der Waals surface area contributed by atoms with Crippen molar-refractivity contribution in [3.05, 3.63) is 45.9 Å². The van der Waals surface area contributed by atoms with Crippen molar-refractivity contribution >= 4 is 23.2 Å². The highest BCUT2D eigenvalue weighted by molar-refractivity contribution is 7.09. The molecule has 0 bridgehead atoms. The van der Waals surface area contributed by atoms with Gasteiger partial charge in [0.25, 0.3) is 0 Å². The van der Waals surface area contributed by atoms with Crippen LogP contribution in [0.3, 0.4) is 0 Å². The molecule has 3 heterocycles. The van der Waals surface area contributed by atoms with Crippen LogP contribution in [-0.2, 0) is 20.0 Å². The Bertz CT molecular complexity index is 865. The molecule has 0 radical (unpaired) electrons. The first-order valence-electron chi connectivity index (χ1n) is 8.10. The van der Waals surface area contributed by atoms with Crippen molar-refractivity contribution in [1.29, 1.82) is 0 Å². The van der Waals surface area contributed by atoms with Crippen molar-refractivity contribution in [2.75, 3.05) is 5.32 Å². The molecule has 1 saturated carbocycles. The molecule has 3 aromatic rings. The Balaban J connectivity index is 1.29. The number of urea groups is 1. The van der Waals surface area contributed by atoms with Gasteiger partial charge < -0.3 is 9.84 Å². The average molecular weight is 358 g/mol. The van der Waals surface area contributed by atoms with Crippen LogP contribution in [0.15, 0.2) is 28.1 Å². The second kappa shape index (κ2) is 6.67. The molecular formula is C16H18N6O2S. The van der Waals surface area contributed by atoms with E-state index in [9.17, 15) is 4.79 Å². The molecule has 0 aromatic carbocycles. The van der Waals surface area contributed by atoms with Gasteiger partial charge in [0.15, 0.2) is 5.82 Å². The molecule has 8 nitrogen and oxygen atoms in total. The molecule has 0 spiro atoms. The molecule has 0 unspecified atom stereocenters. The number of anilines is 1. The lowest BCUT2D eigenvalue weighted by molar-refractivity contribution is 0.249. The number of aromatic nitrogens is 4. The predicted octanol–water partition coefficient (Wildman–Crippen LogP) is 2.65. The Hall–Kier alpha value is -2.68. The van der Waals surface area contributed by atoms with E-state index in [4.69, 9.17) is 4.52 Å². The molecule has 25 heavy (non-hydrogen) atoms. The molecular weight excluding hydrogens is 340 g/mol. The van der Waals surface area contributed by atoms with Gasteiger partial charge in [0.05, 0.1) is 12.2 Å². The lowest BCUT2D eigenvalue weighted by Gasteiger charge is -2.05. The van der Waals surface area contributed by atoms with Crippen LogP contribution in [0.5, 0.6) is 0 Å². The van der Waals surface area contributed by atoms with E-state index >= 15 is 0 Å². The van der Waals surface area contributed by atoms with Gasteiger partial charge in [-0.2, -0.15) is 10.1 Å². The van der Waals surface area contributed by atoms with Crippen molar-refractivity contribution in [3.8, 4) is 0 Å². The summed E-state index contributed by atoms with van der Waals surface area (Å²) in [7, 11) is 1.82. The molecule has 1 fully saturated rings. The van der Waals surface area contributed by atoms with Crippen LogP contribution in [0.1, 0.15) is 41.0 Å². The summed E-state index contributed by atoms with van der Waals surface area (Å²) in [4.78, 5) is 17.5. The molecule has 2 amide bonds. The number of rotatable bonds is 6. The molecule has 2 N–H and O–H groups in total. The number of carbonyl (C=O) groups is 1. The van der Waals surface area contributed by atoms with Gasteiger partial charge in [-0.15, -0.1) is 11.3 Å². The summed E-state index contributed by atoms with van der Waals surface area (Å²) in [6.45, 7) is 0.177. The smallest absolute Gasteiger partial charge is 0.320 e. The van der Waals surface area contributed by atoms with Gasteiger partial charge >= 0.3 is 6.03 Å². The zero-order valence-corrected chi connectivity index (χ0v) is 14.5. The van der Waals surface area contributed by atoms with Crippen molar-refractivity contribution in [3.63, 3.8) is 0 Å². The number of hydrogen-bond acceptors (Lipinski definition) is 6. The third kappa shape index (κ3) is 3.87. The summed E-state index contributed by atoms with van der Waals surface area (Å²) >= 11 is 1.65. The molecule has 0 saturated heterocycles. The Labute approximate surface area is 148 Å². The number of nitrogens with one attached hydrogen (secondary N) is 2. The van der Waals surface area contributed by atoms with Crippen LogP contribution in [0.4, 0.5) is 10.6 Å². The molecule has 0 aliphatic heterocycles. The van der Waals surface area contributed by atoms with Gasteiger partial charge in [0.2, 0.25) is 5.89 Å². The summed E-state index contributed by atoms with van der Waals surface area (Å²) in [5.41, 5.74) is 1.04. The third-order valence-electron chi connectivity index (χ3n) is 3.96. The SMILES string of the molecule is Cn1nc(C2CC2)cc1NC(=O)NCc1nc(Cc2cccs2)no1. The van der Waals surface area contributed by atoms with Crippen LogP contribution in [0.25, 0.3) is 0 Å². The van der Waals surface area contributed by atoms with Crippen molar-refractivity contribution in [1.82, 2.24) is 25.2 Å². The maximum absolute atomic E-state index is 12.0. The predicted molar refractivity (Wildman–Crippen MR) is 92.5 cm³/mol. The quantitative estimate of drug-likeness (QED) is 0.706. The fourth-order valence-corrected chi connectivity index (χ4v) is 3.21. The molecule has 4 rings (SSSR count). The number of amides is 2. The van der Waals surface area contributed by atoms with E-state index in [0.29, 0.717) is 29.9 Å². The standard InChI is InChI=1S/C16H18N6O2S/c1-22-14(8-12(20-22)10-4-5-10)19-16(23)17-9-15-18-13(21-24-15)7-11-3-2-6-25-11/h2-3,6,8,10H,4-5,7,9H2,1H3,(H2,17,19,23). The van der Waals surface area contributed by atoms with Crippen LogP contribution in [0, 0.1) is 0 Å². The Morgan fingerprint density at radius 1 is 1.48 bits per heavy atom. The monoisotopic (exact) mass is 358 g/mol. The summed E-state index contributed by atoms with van der Waals surface area (Å²) in [6.07, 6.45) is 2.98. The number of nitrogens with zero attached hydrogens (tertiary/aromatic N) is 4. The number of hydrogen-bond donors (Lipinski definition) is 2. The van der Waals surface area contributed by atoms with Gasteiger partial charge in [-0.1, -0.05) is 11.2 Å². The van der Waals surface area contributed by atoms with E-state index in [2.05, 4.69) is 25.9 Å². The van der Waals surface area contributed by atoms with E-state index < -0.39 is 0 Å². The molecule has 3 aromatic heterocycles. The maximum atomic E-state index is 12.0. The lowest BCUT2D eigenvalue weighted by Crippen LogP contribution is -2.29. The summed E-state index contributed by atoms with van der Waals surface area (Å²) in [5.74, 6) is 2.21. The van der Waals surface area contributed by atoms with E-state index in [1.165, 1.54) is 17.7 Å². The minimum Gasteiger partial charge on any atom is -0.337 e. The average Bonchev–Trinajstić information content (AvgIpc) is 2.97.